The number of halogens is 3. The van der Waals surface area contributed by atoms with E-state index in [-0.39, 0.29) is 18.1 Å². The maximum atomic E-state index is 12.8. The predicted octanol–water partition coefficient (Wildman–Crippen LogP) is 8.68. The Morgan fingerprint density at radius 3 is 2.12 bits per heavy atom. The van der Waals surface area contributed by atoms with Gasteiger partial charge in [-0.15, -0.1) is 11.3 Å². The number of hydrogen-bond acceptors (Lipinski definition) is 7. The second-order valence-electron chi connectivity index (χ2n) is 9.17. The van der Waals surface area contributed by atoms with Crippen molar-refractivity contribution >= 4 is 35.3 Å². The molecule has 0 N–H and O–H groups in total. The topological polar surface area (TPSA) is 93.1 Å². The molecule has 2 rings (SSSR count). The summed E-state index contributed by atoms with van der Waals surface area (Å²) in [6.45, 7) is 9.93. The Balaban J connectivity index is 2.38. The molecule has 1 aromatic carbocycles. The molecule has 0 spiro atoms. The van der Waals surface area contributed by atoms with Gasteiger partial charge >= 0.3 is 6.18 Å². The fourth-order valence-corrected chi connectivity index (χ4v) is 4.72. The lowest BCUT2D eigenvalue weighted by atomic mass is 10.0. The molecule has 0 radical (unpaired) electrons. The van der Waals surface area contributed by atoms with Gasteiger partial charge in [0.25, 0.3) is 0 Å². The van der Waals surface area contributed by atoms with Crippen molar-refractivity contribution in [1.29, 1.82) is 15.8 Å². The van der Waals surface area contributed by atoms with E-state index in [2.05, 4.69) is 24.8 Å². The highest BCUT2D eigenvalue weighted by atomic mass is 32.1. The first-order valence-electron chi connectivity index (χ1n) is 13.4. The molecule has 6 nitrogen and oxygen atoms in total. The van der Waals surface area contributed by atoms with Gasteiger partial charge in [0.1, 0.15) is 24.0 Å². The number of ether oxygens (including phenoxy) is 2. The van der Waals surface area contributed by atoms with Crippen LogP contribution < -0.4 is 9.64 Å². The second kappa shape index (κ2) is 16.1. The summed E-state index contributed by atoms with van der Waals surface area (Å²) in [5, 5.41) is 28.2. The first kappa shape index (κ1) is 33.7. The fourth-order valence-electron chi connectivity index (χ4n) is 3.90. The average molecular weight is 595 g/mol. The van der Waals surface area contributed by atoms with E-state index in [9.17, 15) is 29.0 Å². The minimum absolute atomic E-state index is 0.00770. The van der Waals surface area contributed by atoms with Gasteiger partial charge in [-0.2, -0.15) is 29.0 Å². The Kier molecular flexibility index (Phi) is 12.9. The van der Waals surface area contributed by atoms with Crippen LogP contribution in [0.15, 0.2) is 58.9 Å². The fraction of sp³-hybridized carbons (Fsp3) is 0.344. The van der Waals surface area contributed by atoms with E-state index in [0.717, 1.165) is 39.8 Å². The summed E-state index contributed by atoms with van der Waals surface area (Å²) in [5.74, 6) is 0.109. The van der Waals surface area contributed by atoms with E-state index < -0.39 is 24.1 Å². The molecule has 10 heteroatoms. The minimum atomic E-state index is -4.71. The number of nitrogens with zero attached hydrogens (tertiary/aromatic N) is 4. The number of anilines is 1. The van der Waals surface area contributed by atoms with Crippen LogP contribution in [0.25, 0.3) is 18.2 Å². The molecule has 0 atom stereocenters. The van der Waals surface area contributed by atoms with Crippen LogP contribution >= 0.6 is 11.3 Å². The van der Waals surface area contributed by atoms with Gasteiger partial charge in [0.2, 0.25) is 0 Å². The molecular weight excluding hydrogens is 561 g/mol. The first-order valence-corrected chi connectivity index (χ1v) is 14.2. The van der Waals surface area contributed by atoms with Crippen molar-refractivity contribution in [3.05, 3.63) is 74.2 Å². The van der Waals surface area contributed by atoms with Gasteiger partial charge in [-0.1, -0.05) is 13.0 Å². The summed E-state index contributed by atoms with van der Waals surface area (Å²) in [6, 6.07) is 14.8. The predicted molar refractivity (Wildman–Crippen MR) is 161 cm³/mol. The van der Waals surface area contributed by atoms with Crippen LogP contribution in [0, 0.1) is 34.0 Å². The highest BCUT2D eigenvalue weighted by Gasteiger charge is 2.30. The van der Waals surface area contributed by atoms with Gasteiger partial charge in [0.05, 0.1) is 11.7 Å². The molecule has 2 aromatic rings. The van der Waals surface area contributed by atoms with Crippen molar-refractivity contribution in [1.82, 2.24) is 0 Å². The number of rotatable bonds is 13. The quantitative estimate of drug-likeness (QED) is 0.131. The zero-order valence-electron chi connectivity index (χ0n) is 24.2. The normalized spacial score (nSPS) is 12.0. The van der Waals surface area contributed by atoms with Crippen molar-refractivity contribution in [2.75, 3.05) is 24.6 Å². The summed E-state index contributed by atoms with van der Waals surface area (Å²) < 4.78 is 49.2. The number of nitriles is 3. The largest absolute Gasteiger partial charge is 0.490 e. The molecule has 0 unspecified atom stereocenters. The Labute approximate surface area is 249 Å². The van der Waals surface area contributed by atoms with E-state index in [1.807, 2.05) is 56.3 Å². The molecule has 0 bridgehead atoms. The smallest absolute Gasteiger partial charge is 0.422 e. The summed E-state index contributed by atoms with van der Waals surface area (Å²) in [4.78, 5) is 4.03. The summed E-state index contributed by atoms with van der Waals surface area (Å²) in [6.07, 6.45) is 2.81. The molecule has 0 aliphatic carbocycles. The molecule has 0 aliphatic rings. The third kappa shape index (κ3) is 9.87. The van der Waals surface area contributed by atoms with Crippen molar-refractivity contribution in [2.24, 2.45) is 0 Å². The first-order chi connectivity index (χ1) is 20.0. The molecular formula is C32H33F3N4O2S. The number of allylic oxidation sites excluding steroid dienone is 4. The van der Waals surface area contributed by atoms with Gasteiger partial charge in [-0.25, -0.2) is 0 Å². The molecule has 1 aromatic heterocycles. The van der Waals surface area contributed by atoms with Gasteiger partial charge in [-0.3, -0.25) is 0 Å². The zero-order chi connectivity index (χ0) is 31.3. The van der Waals surface area contributed by atoms with Crippen molar-refractivity contribution in [3.8, 4) is 24.0 Å². The third-order valence-electron chi connectivity index (χ3n) is 5.88. The Bertz CT molecular complexity index is 1460. The Morgan fingerprint density at radius 1 is 0.952 bits per heavy atom. The summed E-state index contributed by atoms with van der Waals surface area (Å²) >= 11 is 1.47. The van der Waals surface area contributed by atoms with Crippen LogP contribution in [0.2, 0.25) is 0 Å². The van der Waals surface area contributed by atoms with Crippen LogP contribution in [0.4, 0.5) is 18.9 Å². The lowest BCUT2D eigenvalue weighted by Crippen LogP contribution is -2.21. The lowest BCUT2D eigenvalue weighted by molar-refractivity contribution is -0.164. The molecule has 42 heavy (non-hydrogen) atoms. The zero-order valence-corrected chi connectivity index (χ0v) is 25.1. The SMILES string of the molecule is CCC(/C=C/c1ccc(/C=C/c2ccc(N(CC)CC)cc2OC(C)C)s1)=C(/C#N)C(OCC(F)(F)F)=C(C#N)C#N. The molecule has 0 amide bonds. The second-order valence-corrected chi connectivity index (χ2v) is 10.3. The summed E-state index contributed by atoms with van der Waals surface area (Å²) in [5.41, 5.74) is 1.35. The van der Waals surface area contributed by atoms with Gasteiger partial charge in [-0.05, 0) is 82.2 Å². The molecule has 0 fully saturated rings. The van der Waals surface area contributed by atoms with Gasteiger partial charge in [0.15, 0.2) is 17.9 Å². The van der Waals surface area contributed by atoms with Crippen LogP contribution in [-0.2, 0) is 4.74 Å². The third-order valence-corrected chi connectivity index (χ3v) is 6.90. The average Bonchev–Trinajstić information content (AvgIpc) is 3.41. The maximum absolute atomic E-state index is 12.8. The van der Waals surface area contributed by atoms with Crippen molar-refractivity contribution in [3.63, 3.8) is 0 Å². The molecule has 0 saturated heterocycles. The van der Waals surface area contributed by atoms with E-state index in [1.54, 1.807) is 19.1 Å². The highest BCUT2D eigenvalue weighted by Crippen LogP contribution is 2.30. The number of alkyl halides is 3. The van der Waals surface area contributed by atoms with Crippen molar-refractivity contribution < 1.29 is 22.6 Å². The van der Waals surface area contributed by atoms with Crippen LogP contribution in [0.5, 0.6) is 5.75 Å². The summed E-state index contributed by atoms with van der Waals surface area (Å²) in [7, 11) is 0. The number of thiophene rings is 1. The van der Waals surface area contributed by atoms with E-state index in [0.29, 0.717) is 5.57 Å². The number of hydrogen-bond donors (Lipinski definition) is 0. The Hall–Kier alpha value is -4.46. The van der Waals surface area contributed by atoms with Gasteiger partial charge in [0, 0.05) is 40.2 Å². The molecule has 0 saturated carbocycles. The highest BCUT2D eigenvalue weighted by molar-refractivity contribution is 7.13. The van der Waals surface area contributed by atoms with Crippen LogP contribution in [0.3, 0.4) is 0 Å². The minimum Gasteiger partial charge on any atom is -0.490 e. The van der Waals surface area contributed by atoms with E-state index in [4.69, 9.17) is 9.47 Å². The standard InChI is InChI=1S/C32H33F3N4O2S/c1-6-23(29(20-38)31(25(18-36)19-37)40-21-32(33,34)35)10-13-27-15-16-28(42-27)14-11-24-9-12-26(39(7-2)8-3)17-30(24)41-22(4)5/h9-17,22H,6-8,21H2,1-5H3/b13-10+,14-11+,29-23+. The van der Waals surface area contributed by atoms with Crippen LogP contribution in [0.1, 0.15) is 56.4 Å². The molecule has 220 valence electrons. The van der Waals surface area contributed by atoms with E-state index in [1.165, 1.54) is 23.5 Å². The van der Waals surface area contributed by atoms with E-state index >= 15 is 0 Å². The molecule has 1 heterocycles. The Morgan fingerprint density at radius 2 is 1.60 bits per heavy atom. The van der Waals surface area contributed by atoms with Crippen molar-refractivity contribution in [2.45, 2.75) is 53.3 Å². The lowest BCUT2D eigenvalue weighted by Gasteiger charge is -2.23. The molecule has 0 aliphatic heterocycles. The van der Waals surface area contributed by atoms with Crippen LogP contribution in [-0.4, -0.2) is 32.0 Å². The van der Waals surface area contributed by atoms with Gasteiger partial charge < -0.3 is 14.4 Å². The monoisotopic (exact) mass is 594 g/mol. The maximum Gasteiger partial charge on any atom is 0.422 e. The number of benzene rings is 1.